The van der Waals surface area contributed by atoms with Crippen molar-refractivity contribution in [2.24, 2.45) is 0 Å². The van der Waals surface area contributed by atoms with Gasteiger partial charge in [-0.15, -0.1) is 0 Å². The normalized spacial score (nSPS) is 13.2. The van der Waals surface area contributed by atoms with Gasteiger partial charge in [-0.3, -0.25) is 4.79 Å². The van der Waals surface area contributed by atoms with E-state index in [1.54, 1.807) is 6.07 Å². The van der Waals surface area contributed by atoms with Crippen LogP contribution in [0.25, 0.3) is 0 Å². The molecule has 0 aliphatic rings. The Kier molecular flexibility index (Phi) is 4.84. The largest absolute Gasteiger partial charge is 0.350 e. The molecule has 0 saturated carbocycles. The minimum atomic E-state index is -0.264. The van der Waals surface area contributed by atoms with E-state index in [1.165, 1.54) is 12.1 Å². The summed E-state index contributed by atoms with van der Waals surface area (Å²) in [5.74, 6) is -0.328. The van der Waals surface area contributed by atoms with E-state index >= 15 is 0 Å². The summed E-state index contributed by atoms with van der Waals surface area (Å²) < 4.78 is 13.0. The highest BCUT2D eigenvalue weighted by atomic mass is 19.1. The Bertz CT molecular complexity index is 413. The molecule has 1 rings (SSSR count). The molecule has 1 amide bonds. The summed E-state index contributed by atoms with van der Waals surface area (Å²) in [6, 6.07) is 6.31. The molecule has 1 aromatic rings. The van der Waals surface area contributed by atoms with Crippen LogP contribution in [0, 0.1) is 5.82 Å². The maximum atomic E-state index is 13.0. The predicted octanol–water partition coefficient (Wildman–Crippen LogP) is 2.39. The second-order valence-electron chi connectivity index (χ2n) is 5.46. The fourth-order valence-corrected chi connectivity index (χ4v) is 1.60. The molecule has 0 unspecified atom stereocenters. The van der Waals surface area contributed by atoms with Gasteiger partial charge in [0, 0.05) is 11.6 Å². The first kappa shape index (κ1) is 14.6. The molecule has 0 heterocycles. The SMILES string of the molecule is C[C@H](NCC(=O)NC(C)(C)C)c1cccc(F)c1. The van der Waals surface area contributed by atoms with Crippen LogP contribution < -0.4 is 10.6 Å². The lowest BCUT2D eigenvalue weighted by atomic mass is 10.1. The second-order valence-corrected chi connectivity index (χ2v) is 5.46. The lowest BCUT2D eigenvalue weighted by molar-refractivity contribution is -0.121. The van der Waals surface area contributed by atoms with Crippen molar-refractivity contribution in [1.82, 2.24) is 10.6 Å². The molecule has 18 heavy (non-hydrogen) atoms. The van der Waals surface area contributed by atoms with E-state index in [1.807, 2.05) is 33.8 Å². The van der Waals surface area contributed by atoms with Crippen molar-refractivity contribution in [3.05, 3.63) is 35.6 Å². The van der Waals surface area contributed by atoms with Crippen molar-refractivity contribution < 1.29 is 9.18 Å². The van der Waals surface area contributed by atoms with Crippen LogP contribution >= 0.6 is 0 Å². The number of nitrogens with one attached hydrogen (secondary N) is 2. The molecule has 0 aliphatic carbocycles. The van der Waals surface area contributed by atoms with E-state index < -0.39 is 0 Å². The summed E-state index contributed by atoms with van der Waals surface area (Å²) in [7, 11) is 0. The van der Waals surface area contributed by atoms with Crippen molar-refractivity contribution in [2.75, 3.05) is 6.54 Å². The Morgan fingerprint density at radius 3 is 2.61 bits per heavy atom. The van der Waals surface area contributed by atoms with Gasteiger partial charge < -0.3 is 10.6 Å². The highest BCUT2D eigenvalue weighted by molar-refractivity contribution is 5.78. The summed E-state index contributed by atoms with van der Waals surface area (Å²) in [6.45, 7) is 7.91. The molecular formula is C14H21FN2O. The van der Waals surface area contributed by atoms with Gasteiger partial charge in [-0.25, -0.2) is 4.39 Å². The Morgan fingerprint density at radius 1 is 1.39 bits per heavy atom. The summed E-state index contributed by atoms with van der Waals surface area (Å²) >= 11 is 0. The van der Waals surface area contributed by atoms with Crippen LogP contribution in [0.5, 0.6) is 0 Å². The third kappa shape index (κ3) is 5.27. The first-order chi connectivity index (χ1) is 8.28. The molecule has 0 spiro atoms. The monoisotopic (exact) mass is 252 g/mol. The van der Waals surface area contributed by atoms with E-state index in [0.717, 1.165) is 5.56 Å². The molecule has 4 heteroatoms. The van der Waals surface area contributed by atoms with Crippen LogP contribution in [0.2, 0.25) is 0 Å². The Morgan fingerprint density at radius 2 is 2.06 bits per heavy atom. The van der Waals surface area contributed by atoms with Gasteiger partial charge in [0.1, 0.15) is 5.82 Å². The molecule has 0 radical (unpaired) electrons. The summed E-state index contributed by atoms with van der Waals surface area (Å²) in [6.07, 6.45) is 0. The van der Waals surface area contributed by atoms with E-state index in [2.05, 4.69) is 10.6 Å². The molecule has 1 aromatic carbocycles. The maximum absolute atomic E-state index is 13.0. The first-order valence-corrected chi connectivity index (χ1v) is 6.08. The minimum Gasteiger partial charge on any atom is -0.350 e. The van der Waals surface area contributed by atoms with Gasteiger partial charge >= 0.3 is 0 Å². The van der Waals surface area contributed by atoms with Gasteiger partial charge in [-0.1, -0.05) is 12.1 Å². The van der Waals surface area contributed by atoms with Crippen LogP contribution in [-0.4, -0.2) is 18.0 Å². The summed E-state index contributed by atoms with van der Waals surface area (Å²) in [5, 5.41) is 5.93. The Hall–Kier alpha value is -1.42. The molecule has 2 N–H and O–H groups in total. The highest BCUT2D eigenvalue weighted by Crippen LogP contribution is 2.12. The average molecular weight is 252 g/mol. The van der Waals surface area contributed by atoms with Crippen molar-refractivity contribution >= 4 is 5.91 Å². The van der Waals surface area contributed by atoms with E-state index in [4.69, 9.17) is 0 Å². The zero-order valence-electron chi connectivity index (χ0n) is 11.4. The van der Waals surface area contributed by atoms with Gasteiger partial charge in [-0.2, -0.15) is 0 Å². The van der Waals surface area contributed by atoms with Crippen LogP contribution in [0.15, 0.2) is 24.3 Å². The van der Waals surface area contributed by atoms with Gasteiger partial charge in [-0.05, 0) is 45.4 Å². The molecule has 0 aromatic heterocycles. The maximum Gasteiger partial charge on any atom is 0.234 e. The first-order valence-electron chi connectivity index (χ1n) is 6.08. The number of hydrogen-bond donors (Lipinski definition) is 2. The Balaban J connectivity index is 2.46. The number of amides is 1. The van der Waals surface area contributed by atoms with Gasteiger partial charge in [0.15, 0.2) is 0 Å². The zero-order chi connectivity index (χ0) is 13.8. The zero-order valence-corrected chi connectivity index (χ0v) is 11.4. The minimum absolute atomic E-state index is 0.0635. The molecule has 0 bridgehead atoms. The third-order valence-electron chi connectivity index (χ3n) is 2.43. The fourth-order valence-electron chi connectivity index (χ4n) is 1.60. The van der Waals surface area contributed by atoms with Crippen molar-refractivity contribution in [1.29, 1.82) is 0 Å². The predicted molar refractivity (Wildman–Crippen MR) is 70.7 cm³/mol. The summed E-state index contributed by atoms with van der Waals surface area (Å²) in [4.78, 5) is 11.6. The van der Waals surface area contributed by atoms with E-state index in [-0.39, 0.29) is 29.8 Å². The number of benzene rings is 1. The third-order valence-corrected chi connectivity index (χ3v) is 2.43. The number of hydrogen-bond acceptors (Lipinski definition) is 2. The molecule has 0 fully saturated rings. The topological polar surface area (TPSA) is 41.1 Å². The van der Waals surface area contributed by atoms with E-state index in [9.17, 15) is 9.18 Å². The van der Waals surface area contributed by atoms with E-state index in [0.29, 0.717) is 0 Å². The molecule has 100 valence electrons. The quantitative estimate of drug-likeness (QED) is 0.864. The number of halogens is 1. The number of rotatable bonds is 4. The van der Waals surface area contributed by atoms with Gasteiger partial charge in [0.25, 0.3) is 0 Å². The molecule has 0 aliphatic heterocycles. The van der Waals surface area contributed by atoms with Gasteiger partial charge in [0.05, 0.1) is 6.54 Å². The molecule has 0 saturated heterocycles. The average Bonchev–Trinajstić information content (AvgIpc) is 2.23. The molecule has 3 nitrogen and oxygen atoms in total. The second kappa shape index (κ2) is 5.96. The van der Waals surface area contributed by atoms with Crippen LogP contribution in [0.1, 0.15) is 39.3 Å². The Labute approximate surface area is 108 Å². The molecule has 1 atom stereocenters. The standard InChI is InChI=1S/C14H21FN2O/c1-10(11-6-5-7-12(15)8-11)16-9-13(18)17-14(2,3)4/h5-8,10,16H,9H2,1-4H3,(H,17,18)/t10-/m0/s1. The smallest absolute Gasteiger partial charge is 0.234 e. The van der Waals surface area contributed by atoms with Crippen LogP contribution in [0.3, 0.4) is 0 Å². The lowest BCUT2D eigenvalue weighted by Crippen LogP contribution is -2.45. The lowest BCUT2D eigenvalue weighted by Gasteiger charge is -2.21. The highest BCUT2D eigenvalue weighted by Gasteiger charge is 2.14. The number of carbonyl (C=O) groups excluding carboxylic acids is 1. The van der Waals surface area contributed by atoms with Crippen molar-refractivity contribution in [2.45, 2.75) is 39.3 Å². The van der Waals surface area contributed by atoms with Crippen LogP contribution in [-0.2, 0) is 4.79 Å². The molecular weight excluding hydrogens is 231 g/mol. The number of carbonyl (C=O) groups is 1. The van der Waals surface area contributed by atoms with Crippen molar-refractivity contribution in [3.63, 3.8) is 0 Å². The van der Waals surface area contributed by atoms with Crippen molar-refractivity contribution in [3.8, 4) is 0 Å². The summed E-state index contributed by atoms with van der Waals surface area (Å²) in [5.41, 5.74) is 0.597. The fraction of sp³-hybridized carbons (Fsp3) is 0.500. The van der Waals surface area contributed by atoms with Crippen LogP contribution in [0.4, 0.5) is 4.39 Å². The van der Waals surface area contributed by atoms with Gasteiger partial charge in [0.2, 0.25) is 5.91 Å².